The summed E-state index contributed by atoms with van der Waals surface area (Å²) >= 11 is 0. The summed E-state index contributed by atoms with van der Waals surface area (Å²) in [4.78, 5) is 18.0. The van der Waals surface area contributed by atoms with Gasteiger partial charge >= 0.3 is 5.97 Å². The molecule has 0 radical (unpaired) electrons. The summed E-state index contributed by atoms with van der Waals surface area (Å²) in [6.45, 7) is 8.13. The summed E-state index contributed by atoms with van der Waals surface area (Å²) in [7, 11) is 3.23. The van der Waals surface area contributed by atoms with Crippen molar-refractivity contribution in [2.45, 2.75) is 26.7 Å². The molecule has 1 N–H and O–H groups in total. The van der Waals surface area contributed by atoms with Gasteiger partial charge in [0, 0.05) is 33.3 Å². The molecule has 6 nitrogen and oxygen atoms in total. The van der Waals surface area contributed by atoms with Gasteiger partial charge in [-0.25, -0.2) is 0 Å². The first-order valence-corrected chi connectivity index (χ1v) is 7.69. The van der Waals surface area contributed by atoms with Crippen molar-refractivity contribution in [3.05, 3.63) is 0 Å². The Morgan fingerprint density at radius 3 is 2.57 bits per heavy atom. The molecule has 0 aromatic heterocycles. The van der Waals surface area contributed by atoms with E-state index in [4.69, 9.17) is 9.47 Å². The van der Waals surface area contributed by atoms with Crippen LogP contribution in [0.4, 0.5) is 0 Å². The highest BCUT2D eigenvalue weighted by Crippen LogP contribution is 2.18. The lowest BCUT2D eigenvalue weighted by Gasteiger charge is -2.33. The molecule has 6 heteroatoms. The summed E-state index contributed by atoms with van der Waals surface area (Å²) in [5.41, 5.74) is 0. The first-order valence-electron chi connectivity index (χ1n) is 7.69. The van der Waals surface area contributed by atoms with E-state index in [0.29, 0.717) is 12.5 Å². The van der Waals surface area contributed by atoms with Gasteiger partial charge in [-0.15, -0.1) is 0 Å². The number of guanidine groups is 1. The molecule has 21 heavy (non-hydrogen) atoms. The fourth-order valence-corrected chi connectivity index (χ4v) is 2.38. The van der Waals surface area contributed by atoms with Gasteiger partial charge in [0.05, 0.1) is 19.6 Å². The molecule has 0 spiro atoms. The molecule has 1 rings (SSSR count). The number of hydrogen-bond acceptors (Lipinski definition) is 4. The summed E-state index contributed by atoms with van der Waals surface area (Å²) in [6, 6.07) is 0. The standard InChI is InChI=1S/C15H29N3O3/c1-12(2)11-21-10-7-17-15(16-3)18-8-5-13(6-9-18)14(19)20-4/h12-13H,5-11H2,1-4H3,(H,16,17). The molecular formula is C15H29N3O3. The smallest absolute Gasteiger partial charge is 0.308 e. The number of esters is 1. The molecular weight excluding hydrogens is 270 g/mol. The van der Waals surface area contributed by atoms with E-state index in [1.807, 2.05) is 0 Å². The Hall–Kier alpha value is -1.30. The summed E-state index contributed by atoms with van der Waals surface area (Å²) in [5.74, 6) is 1.37. The molecule has 1 aliphatic rings. The van der Waals surface area contributed by atoms with Crippen LogP contribution in [0, 0.1) is 11.8 Å². The minimum Gasteiger partial charge on any atom is -0.469 e. The molecule has 1 heterocycles. The highest BCUT2D eigenvalue weighted by Gasteiger charge is 2.26. The van der Waals surface area contributed by atoms with Crippen LogP contribution in [0.15, 0.2) is 4.99 Å². The van der Waals surface area contributed by atoms with Crippen molar-refractivity contribution in [3.8, 4) is 0 Å². The Labute approximate surface area is 127 Å². The van der Waals surface area contributed by atoms with Gasteiger partial charge in [0.25, 0.3) is 0 Å². The molecule has 0 unspecified atom stereocenters. The Morgan fingerprint density at radius 1 is 1.38 bits per heavy atom. The summed E-state index contributed by atoms with van der Waals surface area (Å²) in [6.07, 6.45) is 1.63. The second-order valence-electron chi connectivity index (χ2n) is 5.73. The minimum atomic E-state index is -0.0975. The fraction of sp³-hybridized carbons (Fsp3) is 0.867. The Bertz CT molecular complexity index is 337. The van der Waals surface area contributed by atoms with E-state index in [1.165, 1.54) is 7.11 Å². The van der Waals surface area contributed by atoms with Gasteiger partial charge in [0.15, 0.2) is 5.96 Å². The third-order valence-corrected chi connectivity index (χ3v) is 3.52. The van der Waals surface area contributed by atoms with E-state index < -0.39 is 0 Å². The monoisotopic (exact) mass is 299 g/mol. The normalized spacial score (nSPS) is 17.2. The number of ether oxygens (including phenoxy) is 2. The maximum absolute atomic E-state index is 11.5. The zero-order chi connectivity index (χ0) is 15.7. The summed E-state index contributed by atoms with van der Waals surface area (Å²) in [5, 5.41) is 3.31. The number of piperidine rings is 1. The van der Waals surface area contributed by atoms with Crippen molar-refractivity contribution in [2.24, 2.45) is 16.8 Å². The first-order chi connectivity index (χ1) is 10.1. The number of carbonyl (C=O) groups is 1. The van der Waals surface area contributed by atoms with Gasteiger partial charge in [-0.05, 0) is 18.8 Å². The van der Waals surface area contributed by atoms with Crippen LogP contribution in [0.5, 0.6) is 0 Å². The second kappa shape index (κ2) is 9.60. The summed E-state index contributed by atoms with van der Waals surface area (Å²) < 4.78 is 10.3. The highest BCUT2D eigenvalue weighted by atomic mass is 16.5. The van der Waals surface area contributed by atoms with Crippen molar-refractivity contribution in [1.82, 2.24) is 10.2 Å². The molecule has 1 fully saturated rings. The second-order valence-corrected chi connectivity index (χ2v) is 5.73. The number of hydrogen-bond donors (Lipinski definition) is 1. The van der Waals surface area contributed by atoms with Crippen LogP contribution in [0.25, 0.3) is 0 Å². The molecule has 1 saturated heterocycles. The number of aliphatic imine (C=N–C) groups is 1. The van der Waals surface area contributed by atoms with Gasteiger partial charge in [-0.1, -0.05) is 13.8 Å². The van der Waals surface area contributed by atoms with Gasteiger partial charge in [0.2, 0.25) is 0 Å². The van der Waals surface area contributed by atoms with Crippen molar-refractivity contribution in [2.75, 3.05) is 47.0 Å². The van der Waals surface area contributed by atoms with Gasteiger partial charge < -0.3 is 19.7 Å². The maximum atomic E-state index is 11.5. The lowest BCUT2D eigenvalue weighted by atomic mass is 9.97. The topological polar surface area (TPSA) is 63.2 Å². The number of likely N-dealkylation sites (tertiary alicyclic amines) is 1. The SMILES string of the molecule is CN=C(NCCOCC(C)C)N1CCC(C(=O)OC)CC1. The molecule has 1 aliphatic heterocycles. The Morgan fingerprint density at radius 2 is 2.05 bits per heavy atom. The van der Waals surface area contributed by atoms with E-state index in [0.717, 1.165) is 45.0 Å². The molecule has 0 amide bonds. The van der Waals surface area contributed by atoms with Crippen LogP contribution < -0.4 is 5.32 Å². The zero-order valence-electron chi connectivity index (χ0n) is 13.7. The molecule has 0 bridgehead atoms. The van der Waals surface area contributed by atoms with E-state index >= 15 is 0 Å². The number of methoxy groups -OCH3 is 1. The van der Waals surface area contributed by atoms with Crippen LogP contribution in [0.2, 0.25) is 0 Å². The van der Waals surface area contributed by atoms with Crippen LogP contribution >= 0.6 is 0 Å². The predicted octanol–water partition coefficient (Wildman–Crippen LogP) is 1.12. The molecule has 0 atom stereocenters. The van der Waals surface area contributed by atoms with Crippen LogP contribution in [-0.4, -0.2) is 63.8 Å². The van der Waals surface area contributed by atoms with Crippen molar-refractivity contribution < 1.29 is 14.3 Å². The first kappa shape index (κ1) is 17.8. The average molecular weight is 299 g/mol. The van der Waals surface area contributed by atoms with Crippen LogP contribution in [-0.2, 0) is 14.3 Å². The van der Waals surface area contributed by atoms with E-state index in [9.17, 15) is 4.79 Å². The number of carbonyl (C=O) groups excluding carboxylic acids is 1. The van der Waals surface area contributed by atoms with E-state index in [-0.39, 0.29) is 11.9 Å². The number of nitrogens with zero attached hydrogens (tertiary/aromatic N) is 2. The van der Waals surface area contributed by atoms with Crippen LogP contribution in [0.3, 0.4) is 0 Å². The van der Waals surface area contributed by atoms with Crippen molar-refractivity contribution >= 4 is 11.9 Å². The zero-order valence-corrected chi connectivity index (χ0v) is 13.7. The minimum absolute atomic E-state index is 0.0266. The molecule has 0 aromatic rings. The molecule has 0 aromatic carbocycles. The van der Waals surface area contributed by atoms with Crippen molar-refractivity contribution in [1.29, 1.82) is 0 Å². The lowest BCUT2D eigenvalue weighted by Crippen LogP contribution is -2.47. The van der Waals surface area contributed by atoms with E-state index in [1.54, 1.807) is 7.05 Å². The van der Waals surface area contributed by atoms with Gasteiger partial charge in [-0.2, -0.15) is 0 Å². The fourth-order valence-electron chi connectivity index (χ4n) is 2.38. The van der Waals surface area contributed by atoms with Crippen molar-refractivity contribution in [3.63, 3.8) is 0 Å². The lowest BCUT2D eigenvalue weighted by molar-refractivity contribution is -0.146. The number of rotatable bonds is 6. The average Bonchev–Trinajstić information content (AvgIpc) is 2.50. The van der Waals surface area contributed by atoms with Crippen LogP contribution in [0.1, 0.15) is 26.7 Å². The van der Waals surface area contributed by atoms with Gasteiger partial charge in [-0.3, -0.25) is 9.79 Å². The third-order valence-electron chi connectivity index (χ3n) is 3.52. The molecule has 0 saturated carbocycles. The maximum Gasteiger partial charge on any atom is 0.308 e. The number of nitrogens with one attached hydrogen (secondary N) is 1. The Kier molecular flexibility index (Phi) is 8.12. The molecule has 122 valence electrons. The third kappa shape index (κ3) is 6.33. The highest BCUT2D eigenvalue weighted by molar-refractivity contribution is 5.80. The molecule has 0 aliphatic carbocycles. The van der Waals surface area contributed by atoms with E-state index in [2.05, 4.69) is 29.1 Å². The largest absolute Gasteiger partial charge is 0.469 e. The van der Waals surface area contributed by atoms with Gasteiger partial charge in [0.1, 0.15) is 0 Å². The predicted molar refractivity (Wildman–Crippen MR) is 83.3 cm³/mol. The quantitative estimate of drug-likeness (QED) is 0.345. The Balaban J connectivity index is 2.27.